The quantitative estimate of drug-likeness (QED) is 0.529. The Balaban J connectivity index is 1.80. The summed E-state index contributed by atoms with van der Waals surface area (Å²) in [4.78, 5) is 27.9. The van der Waals surface area contributed by atoms with Gasteiger partial charge < -0.3 is 20.6 Å². The normalized spacial score (nSPS) is 16.9. The summed E-state index contributed by atoms with van der Waals surface area (Å²) in [7, 11) is -1.16. The summed E-state index contributed by atoms with van der Waals surface area (Å²) in [6, 6.07) is 8.57. The maximum atomic E-state index is 13.2. The van der Waals surface area contributed by atoms with Crippen molar-refractivity contribution in [3.05, 3.63) is 47.2 Å². The maximum absolute atomic E-state index is 13.2. The van der Waals surface area contributed by atoms with Gasteiger partial charge in [-0.3, -0.25) is 9.89 Å². The molecule has 1 aliphatic rings. The van der Waals surface area contributed by atoms with E-state index in [1.165, 1.54) is 0 Å². The zero-order chi connectivity index (χ0) is 23.9. The molecule has 0 saturated carbocycles. The van der Waals surface area contributed by atoms with E-state index in [9.17, 15) is 14.7 Å². The lowest BCUT2D eigenvalue weighted by Gasteiger charge is -2.41. The standard InChI is InChI=1S/C23H35N5O3S/c1-22(2)18-16(19(27-26-18)25-20(30)23(3,4)32(5,6)7)13-28(22)21(31)24-17(14-29)15-11-9-8-10-12-15/h8-12,17,29H,13-14H2,1-7H3,(H,24,31)(H2,25,26,27,30). The molecule has 1 aliphatic heterocycles. The number of H-pyrrole nitrogens is 1. The van der Waals surface area contributed by atoms with E-state index >= 15 is 0 Å². The highest BCUT2D eigenvalue weighted by molar-refractivity contribution is 8.33. The van der Waals surface area contributed by atoms with Crippen LogP contribution in [0.2, 0.25) is 0 Å². The van der Waals surface area contributed by atoms with Crippen molar-refractivity contribution in [2.45, 2.75) is 50.6 Å². The molecule has 3 rings (SSSR count). The number of hydrogen-bond acceptors (Lipinski definition) is 4. The molecular formula is C23H35N5O3S. The molecule has 0 saturated heterocycles. The molecule has 2 aromatic rings. The van der Waals surface area contributed by atoms with Crippen molar-refractivity contribution < 1.29 is 14.7 Å². The van der Waals surface area contributed by atoms with E-state index in [2.05, 4.69) is 39.6 Å². The third-order valence-electron chi connectivity index (χ3n) is 6.71. The number of hydrogen-bond donors (Lipinski definition) is 4. The van der Waals surface area contributed by atoms with Crippen LogP contribution in [0.3, 0.4) is 0 Å². The molecule has 4 N–H and O–H groups in total. The number of aliphatic hydroxyl groups excluding tert-OH is 1. The number of aliphatic hydroxyl groups is 1. The van der Waals surface area contributed by atoms with Crippen molar-refractivity contribution in [2.75, 3.05) is 30.7 Å². The number of amides is 3. The van der Waals surface area contributed by atoms with Crippen LogP contribution >= 0.6 is 10.0 Å². The van der Waals surface area contributed by atoms with Gasteiger partial charge in [0, 0.05) is 5.56 Å². The monoisotopic (exact) mass is 461 g/mol. The number of aromatic amines is 1. The van der Waals surface area contributed by atoms with Gasteiger partial charge in [-0.15, -0.1) is 0 Å². The number of anilines is 1. The topological polar surface area (TPSA) is 110 Å². The highest BCUT2D eigenvalue weighted by Gasteiger charge is 2.45. The molecule has 32 heavy (non-hydrogen) atoms. The van der Waals surface area contributed by atoms with E-state index in [-0.39, 0.29) is 18.5 Å². The lowest BCUT2D eigenvalue weighted by molar-refractivity contribution is -0.117. The molecule has 176 valence electrons. The summed E-state index contributed by atoms with van der Waals surface area (Å²) in [5.74, 6) is 0.381. The molecule has 0 fully saturated rings. The Morgan fingerprint density at radius 2 is 1.88 bits per heavy atom. The summed E-state index contributed by atoms with van der Waals surface area (Å²) in [5, 5.41) is 23.1. The first-order valence-electron chi connectivity index (χ1n) is 10.6. The van der Waals surface area contributed by atoms with Gasteiger partial charge in [0.05, 0.1) is 35.2 Å². The van der Waals surface area contributed by atoms with E-state index in [0.29, 0.717) is 12.4 Å². The second kappa shape index (κ2) is 8.44. The number of carbonyl (C=O) groups excluding carboxylic acids is 2. The van der Waals surface area contributed by atoms with Crippen LogP contribution in [-0.2, 0) is 16.9 Å². The number of carbonyl (C=O) groups is 2. The molecular weight excluding hydrogens is 426 g/mol. The average Bonchev–Trinajstić information content (AvgIpc) is 3.24. The van der Waals surface area contributed by atoms with Crippen molar-refractivity contribution in [2.24, 2.45) is 0 Å². The molecule has 0 bridgehead atoms. The summed E-state index contributed by atoms with van der Waals surface area (Å²) in [6.45, 7) is 7.86. The maximum Gasteiger partial charge on any atom is 0.319 e. The van der Waals surface area contributed by atoms with Gasteiger partial charge in [0.2, 0.25) is 5.91 Å². The third-order valence-corrected chi connectivity index (χ3v) is 9.95. The predicted octanol–water partition coefficient (Wildman–Crippen LogP) is 3.31. The fourth-order valence-corrected chi connectivity index (χ4v) is 4.24. The van der Waals surface area contributed by atoms with Gasteiger partial charge in [0.1, 0.15) is 0 Å². The van der Waals surface area contributed by atoms with Crippen LogP contribution in [0.4, 0.5) is 10.6 Å². The Morgan fingerprint density at radius 1 is 1.25 bits per heavy atom. The molecule has 1 atom stereocenters. The molecule has 1 aromatic heterocycles. The average molecular weight is 462 g/mol. The predicted molar refractivity (Wildman–Crippen MR) is 130 cm³/mol. The summed E-state index contributed by atoms with van der Waals surface area (Å²) in [6.07, 6.45) is 6.34. The molecule has 0 radical (unpaired) electrons. The largest absolute Gasteiger partial charge is 0.394 e. The van der Waals surface area contributed by atoms with Crippen LogP contribution in [0.15, 0.2) is 30.3 Å². The molecule has 8 nitrogen and oxygen atoms in total. The Kier molecular flexibility index (Phi) is 6.36. The molecule has 9 heteroatoms. The summed E-state index contributed by atoms with van der Waals surface area (Å²) < 4.78 is -0.534. The number of benzene rings is 1. The summed E-state index contributed by atoms with van der Waals surface area (Å²) >= 11 is 0. The van der Waals surface area contributed by atoms with Crippen LogP contribution in [-0.4, -0.2) is 62.3 Å². The van der Waals surface area contributed by atoms with Crippen molar-refractivity contribution in [3.8, 4) is 0 Å². The molecule has 0 aliphatic carbocycles. The van der Waals surface area contributed by atoms with Gasteiger partial charge in [-0.1, -0.05) is 30.3 Å². The van der Waals surface area contributed by atoms with Gasteiger partial charge in [-0.25, -0.2) is 14.8 Å². The molecule has 2 heterocycles. The van der Waals surface area contributed by atoms with E-state index in [4.69, 9.17) is 0 Å². The summed E-state index contributed by atoms with van der Waals surface area (Å²) in [5.41, 5.74) is 1.78. The van der Waals surface area contributed by atoms with Crippen LogP contribution < -0.4 is 10.6 Å². The fourth-order valence-electron chi connectivity index (χ4n) is 3.63. The first-order chi connectivity index (χ1) is 14.8. The van der Waals surface area contributed by atoms with E-state index < -0.39 is 26.4 Å². The van der Waals surface area contributed by atoms with Gasteiger partial charge in [0.15, 0.2) is 5.82 Å². The minimum atomic E-state index is -1.16. The van der Waals surface area contributed by atoms with Crippen molar-refractivity contribution in [1.29, 1.82) is 0 Å². The van der Waals surface area contributed by atoms with Crippen molar-refractivity contribution in [3.63, 3.8) is 0 Å². The number of aromatic nitrogens is 2. The van der Waals surface area contributed by atoms with Crippen molar-refractivity contribution in [1.82, 2.24) is 20.4 Å². The molecule has 1 aromatic carbocycles. The van der Waals surface area contributed by atoms with Gasteiger partial charge >= 0.3 is 6.03 Å². The molecule has 0 spiro atoms. The van der Waals surface area contributed by atoms with E-state index in [0.717, 1.165) is 16.8 Å². The smallest absolute Gasteiger partial charge is 0.319 e. The SMILES string of the molecule is CC1(C)c2[nH]nc(NC(=O)C(C)(C)S(C)(C)C)c2CN1C(=O)NC(CO)c1ccccc1. The number of fused-ring (bicyclic) bond motifs is 1. The highest BCUT2D eigenvalue weighted by atomic mass is 32.3. The van der Waals surface area contributed by atoms with Gasteiger partial charge in [0.25, 0.3) is 0 Å². The Labute approximate surface area is 191 Å². The Hall–Kier alpha value is -2.52. The van der Waals surface area contributed by atoms with Crippen LogP contribution in [0, 0.1) is 0 Å². The van der Waals surface area contributed by atoms with E-state index in [1.54, 1.807) is 4.90 Å². The van der Waals surface area contributed by atoms with Crippen LogP contribution in [0.5, 0.6) is 0 Å². The minimum Gasteiger partial charge on any atom is -0.394 e. The lowest BCUT2D eigenvalue weighted by atomic mass is 10.0. The number of urea groups is 1. The zero-order valence-electron chi connectivity index (χ0n) is 19.9. The van der Waals surface area contributed by atoms with Crippen molar-refractivity contribution >= 4 is 27.8 Å². The highest BCUT2D eigenvalue weighted by Crippen LogP contribution is 2.50. The number of nitrogens with one attached hydrogen (secondary N) is 3. The van der Waals surface area contributed by atoms with Gasteiger partial charge in [-0.05, 0) is 52.0 Å². The lowest BCUT2D eigenvalue weighted by Crippen LogP contribution is -2.47. The number of nitrogens with zero attached hydrogens (tertiary/aromatic N) is 2. The van der Waals surface area contributed by atoms with E-state index in [1.807, 2.05) is 58.0 Å². The fraction of sp³-hybridized carbons (Fsp3) is 0.522. The molecule has 1 unspecified atom stereocenters. The second-order valence-corrected chi connectivity index (χ2v) is 14.7. The molecule has 3 amide bonds. The Morgan fingerprint density at radius 3 is 2.44 bits per heavy atom. The second-order valence-electron chi connectivity index (χ2n) is 9.97. The van der Waals surface area contributed by atoms with Gasteiger partial charge in [-0.2, -0.15) is 5.10 Å². The van der Waals surface area contributed by atoms with Crippen LogP contribution in [0.25, 0.3) is 0 Å². The Bertz CT molecular complexity index is 995. The zero-order valence-corrected chi connectivity index (χ0v) is 20.8. The van der Waals surface area contributed by atoms with Crippen LogP contribution in [0.1, 0.15) is 50.6 Å². The third kappa shape index (κ3) is 4.23. The first kappa shape index (κ1) is 24.1. The first-order valence-corrected chi connectivity index (χ1v) is 13.5. The minimum absolute atomic E-state index is 0.0839. The number of rotatable bonds is 6.